The quantitative estimate of drug-likeness (QED) is 0.610. The Labute approximate surface area is 98.0 Å². The number of hydrogen-bond donors (Lipinski definition) is 1. The molecule has 1 N–H and O–H groups in total. The van der Waals surface area contributed by atoms with Crippen LogP contribution < -0.4 is 5.43 Å². The summed E-state index contributed by atoms with van der Waals surface area (Å²) in [5, 5.41) is 3.84. The van der Waals surface area contributed by atoms with Crippen LogP contribution in [-0.4, -0.2) is 26.7 Å². The standard InChI is InChI=1S/C11H11N5O/c17-11(8-16-6-5-13-9-16)15-14-7-10-1-3-12-4-2-10/h1-7,9H,8H2,(H,15,17)/b14-7-. The lowest BCUT2D eigenvalue weighted by molar-refractivity contribution is -0.121. The molecule has 0 saturated heterocycles. The van der Waals surface area contributed by atoms with Gasteiger partial charge < -0.3 is 4.57 Å². The van der Waals surface area contributed by atoms with E-state index >= 15 is 0 Å². The number of rotatable bonds is 4. The molecule has 0 aliphatic carbocycles. The second-order valence-corrected chi connectivity index (χ2v) is 3.31. The van der Waals surface area contributed by atoms with Crippen molar-refractivity contribution in [3.8, 4) is 0 Å². The second-order valence-electron chi connectivity index (χ2n) is 3.31. The van der Waals surface area contributed by atoms with Gasteiger partial charge in [-0.15, -0.1) is 0 Å². The van der Waals surface area contributed by atoms with Crippen LogP contribution in [0, 0.1) is 0 Å². The van der Waals surface area contributed by atoms with E-state index in [0.717, 1.165) is 5.56 Å². The first-order chi connectivity index (χ1) is 8.34. The molecule has 0 aromatic carbocycles. The van der Waals surface area contributed by atoms with Crippen LogP contribution in [0.5, 0.6) is 0 Å². The van der Waals surface area contributed by atoms with Gasteiger partial charge in [-0.2, -0.15) is 5.10 Å². The summed E-state index contributed by atoms with van der Waals surface area (Å²) in [6, 6.07) is 3.59. The largest absolute Gasteiger partial charge is 0.328 e. The highest BCUT2D eigenvalue weighted by atomic mass is 16.2. The van der Waals surface area contributed by atoms with Gasteiger partial charge in [0, 0.05) is 24.8 Å². The van der Waals surface area contributed by atoms with Crippen LogP contribution in [0.25, 0.3) is 0 Å². The number of imidazole rings is 1. The molecule has 6 heteroatoms. The van der Waals surface area contributed by atoms with Gasteiger partial charge in [0.25, 0.3) is 5.91 Å². The molecule has 0 fully saturated rings. The van der Waals surface area contributed by atoms with Gasteiger partial charge in [0.15, 0.2) is 0 Å². The van der Waals surface area contributed by atoms with Crippen molar-refractivity contribution >= 4 is 12.1 Å². The molecule has 0 bridgehead atoms. The Kier molecular flexibility index (Phi) is 3.59. The lowest BCUT2D eigenvalue weighted by atomic mass is 10.3. The molecule has 2 rings (SSSR count). The molecule has 2 aromatic heterocycles. The van der Waals surface area contributed by atoms with Crippen molar-refractivity contribution in [1.82, 2.24) is 20.0 Å². The van der Waals surface area contributed by atoms with E-state index in [4.69, 9.17) is 0 Å². The molecule has 0 spiro atoms. The second kappa shape index (κ2) is 5.55. The first-order valence-electron chi connectivity index (χ1n) is 5.02. The molecule has 0 radical (unpaired) electrons. The van der Waals surface area contributed by atoms with Crippen LogP contribution >= 0.6 is 0 Å². The average Bonchev–Trinajstić information content (AvgIpc) is 2.83. The number of nitrogens with zero attached hydrogens (tertiary/aromatic N) is 4. The average molecular weight is 229 g/mol. The number of aromatic nitrogens is 3. The summed E-state index contributed by atoms with van der Waals surface area (Å²) in [5.74, 6) is -0.201. The van der Waals surface area contributed by atoms with E-state index in [9.17, 15) is 4.79 Å². The van der Waals surface area contributed by atoms with Gasteiger partial charge in [-0.3, -0.25) is 9.78 Å². The molecule has 2 heterocycles. The zero-order valence-corrected chi connectivity index (χ0v) is 9.02. The maximum absolute atomic E-state index is 11.4. The van der Waals surface area contributed by atoms with Crippen molar-refractivity contribution in [2.45, 2.75) is 6.54 Å². The van der Waals surface area contributed by atoms with Crippen LogP contribution in [0.1, 0.15) is 5.56 Å². The fourth-order valence-corrected chi connectivity index (χ4v) is 1.21. The molecule has 2 aromatic rings. The van der Waals surface area contributed by atoms with Crippen molar-refractivity contribution in [2.75, 3.05) is 0 Å². The maximum atomic E-state index is 11.4. The number of hydrogen-bond acceptors (Lipinski definition) is 4. The Morgan fingerprint density at radius 3 is 2.88 bits per heavy atom. The highest BCUT2D eigenvalue weighted by molar-refractivity contribution is 5.82. The minimum absolute atomic E-state index is 0.201. The molecule has 0 aliphatic heterocycles. The summed E-state index contributed by atoms with van der Waals surface area (Å²) in [4.78, 5) is 19.1. The van der Waals surface area contributed by atoms with Gasteiger partial charge in [0.05, 0.1) is 12.5 Å². The van der Waals surface area contributed by atoms with Gasteiger partial charge in [-0.25, -0.2) is 10.4 Å². The minimum Gasteiger partial charge on any atom is -0.328 e. The minimum atomic E-state index is -0.201. The van der Waals surface area contributed by atoms with E-state index < -0.39 is 0 Å². The molecular weight excluding hydrogens is 218 g/mol. The van der Waals surface area contributed by atoms with E-state index in [0.29, 0.717) is 0 Å². The van der Waals surface area contributed by atoms with Crippen molar-refractivity contribution in [3.63, 3.8) is 0 Å². The van der Waals surface area contributed by atoms with Crippen LogP contribution in [0.15, 0.2) is 48.3 Å². The third kappa shape index (κ3) is 3.53. The van der Waals surface area contributed by atoms with E-state index in [2.05, 4.69) is 20.5 Å². The topological polar surface area (TPSA) is 72.2 Å². The van der Waals surface area contributed by atoms with Crippen molar-refractivity contribution in [1.29, 1.82) is 0 Å². The third-order valence-electron chi connectivity index (χ3n) is 1.99. The summed E-state index contributed by atoms with van der Waals surface area (Å²) < 4.78 is 1.66. The van der Waals surface area contributed by atoms with Gasteiger partial charge in [0.1, 0.15) is 6.54 Å². The zero-order valence-electron chi connectivity index (χ0n) is 9.02. The van der Waals surface area contributed by atoms with E-state index in [1.165, 1.54) is 0 Å². The summed E-state index contributed by atoms with van der Waals surface area (Å²) in [5.41, 5.74) is 3.31. The number of hydrazone groups is 1. The van der Waals surface area contributed by atoms with E-state index in [1.54, 1.807) is 54.0 Å². The fourth-order valence-electron chi connectivity index (χ4n) is 1.21. The van der Waals surface area contributed by atoms with Crippen molar-refractivity contribution in [2.24, 2.45) is 5.10 Å². The van der Waals surface area contributed by atoms with Gasteiger partial charge >= 0.3 is 0 Å². The normalized spacial score (nSPS) is 10.6. The molecule has 1 amide bonds. The smallest absolute Gasteiger partial charge is 0.260 e. The molecule has 0 unspecified atom stereocenters. The van der Waals surface area contributed by atoms with Crippen LogP contribution in [0.2, 0.25) is 0 Å². The highest BCUT2D eigenvalue weighted by Crippen LogP contribution is 1.90. The van der Waals surface area contributed by atoms with Crippen molar-refractivity contribution < 1.29 is 4.79 Å². The lowest BCUT2D eigenvalue weighted by Gasteiger charge is -1.99. The van der Waals surface area contributed by atoms with Crippen LogP contribution in [-0.2, 0) is 11.3 Å². The van der Waals surface area contributed by atoms with Crippen molar-refractivity contribution in [3.05, 3.63) is 48.8 Å². The number of carbonyl (C=O) groups excluding carboxylic acids is 1. The van der Waals surface area contributed by atoms with Gasteiger partial charge in [-0.05, 0) is 17.7 Å². The number of amides is 1. The number of carbonyl (C=O) groups is 1. The number of nitrogens with one attached hydrogen (secondary N) is 1. The highest BCUT2D eigenvalue weighted by Gasteiger charge is 1.99. The third-order valence-corrected chi connectivity index (χ3v) is 1.99. The Bertz CT molecular complexity index is 492. The van der Waals surface area contributed by atoms with Crippen LogP contribution in [0.4, 0.5) is 0 Å². The predicted octanol–water partition coefficient (Wildman–Crippen LogP) is 0.428. The summed E-state index contributed by atoms with van der Waals surface area (Å²) >= 11 is 0. The SMILES string of the molecule is O=C(Cn1ccnc1)N/N=C\c1ccncc1. The Balaban J connectivity index is 1.82. The molecule has 17 heavy (non-hydrogen) atoms. The summed E-state index contributed by atoms with van der Waals surface area (Å²) in [6.45, 7) is 0.202. The van der Waals surface area contributed by atoms with E-state index in [-0.39, 0.29) is 12.5 Å². The van der Waals surface area contributed by atoms with Crippen LogP contribution in [0.3, 0.4) is 0 Å². The molecule has 86 valence electrons. The molecule has 0 saturated carbocycles. The maximum Gasteiger partial charge on any atom is 0.260 e. The first kappa shape index (κ1) is 11.0. The van der Waals surface area contributed by atoms with E-state index in [1.807, 2.05) is 0 Å². The summed E-state index contributed by atoms with van der Waals surface area (Å²) in [7, 11) is 0. The fraction of sp³-hybridized carbons (Fsp3) is 0.0909. The Morgan fingerprint density at radius 2 is 2.18 bits per heavy atom. The predicted molar refractivity (Wildman–Crippen MR) is 62.2 cm³/mol. The first-order valence-corrected chi connectivity index (χ1v) is 5.02. The Hall–Kier alpha value is -2.50. The molecular formula is C11H11N5O. The Morgan fingerprint density at radius 1 is 1.35 bits per heavy atom. The monoisotopic (exact) mass is 229 g/mol. The zero-order chi connectivity index (χ0) is 11.9. The van der Waals surface area contributed by atoms with Gasteiger partial charge in [-0.1, -0.05) is 0 Å². The van der Waals surface area contributed by atoms with Gasteiger partial charge in [0.2, 0.25) is 0 Å². The molecule has 0 atom stereocenters. The molecule has 0 aliphatic rings. The lowest BCUT2D eigenvalue weighted by Crippen LogP contribution is -2.22. The summed E-state index contributed by atoms with van der Waals surface area (Å²) in [6.07, 6.45) is 9.79. The molecule has 6 nitrogen and oxygen atoms in total. The number of pyridine rings is 1.